The van der Waals surface area contributed by atoms with Gasteiger partial charge in [0.15, 0.2) is 6.61 Å². The maximum atomic E-state index is 11.9. The lowest BCUT2D eigenvalue weighted by Crippen LogP contribution is -2.31. The number of benzene rings is 1. The van der Waals surface area contributed by atoms with E-state index in [2.05, 4.69) is 17.2 Å². The second-order valence-corrected chi connectivity index (χ2v) is 5.66. The van der Waals surface area contributed by atoms with Gasteiger partial charge in [-0.05, 0) is 36.6 Å². The van der Waals surface area contributed by atoms with Crippen molar-refractivity contribution < 1.29 is 14.3 Å². The first-order valence-electron chi connectivity index (χ1n) is 7.67. The third-order valence-electron chi connectivity index (χ3n) is 3.58. The van der Waals surface area contributed by atoms with Crippen LogP contribution in [0.2, 0.25) is 5.15 Å². The van der Waals surface area contributed by atoms with Crippen LogP contribution in [0.5, 0.6) is 0 Å². The Hall–Kier alpha value is -2.40. The zero-order chi connectivity index (χ0) is 17.5. The van der Waals surface area contributed by atoms with Crippen molar-refractivity contribution in [3.05, 3.63) is 64.4 Å². The number of halogens is 1. The first-order valence-corrected chi connectivity index (χ1v) is 8.05. The summed E-state index contributed by atoms with van der Waals surface area (Å²) in [7, 11) is 0. The maximum absolute atomic E-state index is 11.9. The first kappa shape index (κ1) is 17.9. The summed E-state index contributed by atoms with van der Waals surface area (Å²) in [4.78, 5) is 27.6. The van der Waals surface area contributed by atoms with Crippen LogP contribution < -0.4 is 5.32 Å². The van der Waals surface area contributed by atoms with Crippen molar-refractivity contribution in [3.8, 4) is 0 Å². The molecule has 2 aromatic rings. The third kappa shape index (κ3) is 4.80. The molecule has 1 atom stereocenters. The van der Waals surface area contributed by atoms with Gasteiger partial charge in [0.25, 0.3) is 5.91 Å². The molecule has 6 heteroatoms. The van der Waals surface area contributed by atoms with Crippen molar-refractivity contribution in [2.45, 2.75) is 26.3 Å². The van der Waals surface area contributed by atoms with Crippen LogP contribution in [0.1, 0.15) is 41.4 Å². The monoisotopic (exact) mass is 346 g/mol. The van der Waals surface area contributed by atoms with E-state index in [0.29, 0.717) is 0 Å². The number of carbonyl (C=O) groups excluding carboxylic acids is 2. The summed E-state index contributed by atoms with van der Waals surface area (Å²) in [6, 6.07) is 10.9. The van der Waals surface area contributed by atoms with E-state index in [1.165, 1.54) is 17.8 Å². The molecule has 0 bridgehead atoms. The lowest BCUT2D eigenvalue weighted by atomic mass is 10.1. The summed E-state index contributed by atoms with van der Waals surface area (Å²) in [5, 5.41) is 2.84. The molecule has 0 aliphatic heterocycles. The van der Waals surface area contributed by atoms with Crippen LogP contribution >= 0.6 is 11.6 Å². The number of hydrogen-bond acceptors (Lipinski definition) is 4. The molecular weight excluding hydrogens is 328 g/mol. The summed E-state index contributed by atoms with van der Waals surface area (Å²) in [5.74, 6) is -1.06. The van der Waals surface area contributed by atoms with Crippen molar-refractivity contribution in [1.82, 2.24) is 10.3 Å². The Morgan fingerprint density at radius 1 is 1.25 bits per heavy atom. The van der Waals surface area contributed by atoms with Crippen LogP contribution in [0.15, 0.2) is 42.6 Å². The molecule has 2 rings (SSSR count). The summed E-state index contributed by atoms with van der Waals surface area (Å²) in [6.07, 6.45) is 2.44. The van der Waals surface area contributed by atoms with Gasteiger partial charge in [-0.2, -0.15) is 0 Å². The van der Waals surface area contributed by atoms with Crippen LogP contribution in [0, 0.1) is 0 Å². The van der Waals surface area contributed by atoms with E-state index in [4.69, 9.17) is 16.3 Å². The number of aryl methyl sites for hydroxylation is 1. The smallest absolute Gasteiger partial charge is 0.341 e. The number of rotatable bonds is 6. The van der Waals surface area contributed by atoms with E-state index < -0.39 is 5.97 Å². The van der Waals surface area contributed by atoms with Gasteiger partial charge in [0.1, 0.15) is 5.15 Å². The minimum absolute atomic E-state index is 0.0484. The van der Waals surface area contributed by atoms with Gasteiger partial charge in [0.05, 0.1) is 11.6 Å². The Balaban J connectivity index is 1.86. The summed E-state index contributed by atoms with van der Waals surface area (Å²) in [5.41, 5.74) is 2.36. The average molecular weight is 347 g/mol. The molecule has 0 saturated heterocycles. The lowest BCUT2D eigenvalue weighted by molar-refractivity contribution is -0.124. The molecule has 24 heavy (non-hydrogen) atoms. The van der Waals surface area contributed by atoms with Gasteiger partial charge in [-0.25, -0.2) is 9.78 Å². The highest BCUT2D eigenvalue weighted by Crippen LogP contribution is 2.14. The molecule has 0 fully saturated rings. The number of nitrogens with one attached hydrogen (secondary N) is 1. The molecule has 126 valence electrons. The molecule has 0 spiro atoms. The zero-order valence-electron chi connectivity index (χ0n) is 13.6. The van der Waals surface area contributed by atoms with E-state index >= 15 is 0 Å². The SMILES string of the molecule is CCc1ccc([C@H](C)NC(=O)COC(=O)c2cccnc2Cl)cc1. The standard InChI is InChI=1S/C18H19ClN2O3/c1-3-13-6-8-14(9-7-13)12(2)21-16(22)11-24-18(23)15-5-4-10-20-17(15)19/h4-10,12H,3,11H2,1-2H3,(H,21,22)/t12-/m0/s1. The Labute approximate surface area is 146 Å². The Bertz CT molecular complexity index is 716. The molecule has 1 heterocycles. The third-order valence-corrected chi connectivity index (χ3v) is 3.88. The van der Waals surface area contributed by atoms with Crippen molar-refractivity contribution in [2.75, 3.05) is 6.61 Å². The number of pyridine rings is 1. The van der Waals surface area contributed by atoms with Crippen molar-refractivity contribution in [2.24, 2.45) is 0 Å². The fourth-order valence-electron chi connectivity index (χ4n) is 2.16. The highest BCUT2D eigenvalue weighted by molar-refractivity contribution is 6.32. The van der Waals surface area contributed by atoms with E-state index in [9.17, 15) is 9.59 Å². The Kier molecular flexibility index (Phi) is 6.32. The number of esters is 1. The lowest BCUT2D eigenvalue weighted by Gasteiger charge is -2.15. The van der Waals surface area contributed by atoms with Crippen LogP contribution in [0.4, 0.5) is 0 Å². The van der Waals surface area contributed by atoms with Gasteiger partial charge in [-0.3, -0.25) is 4.79 Å². The van der Waals surface area contributed by atoms with E-state index in [1.54, 1.807) is 6.07 Å². The topological polar surface area (TPSA) is 68.3 Å². The molecule has 1 aromatic carbocycles. The molecule has 1 N–H and O–H groups in total. The van der Waals surface area contributed by atoms with Gasteiger partial charge in [0.2, 0.25) is 0 Å². The number of carbonyl (C=O) groups is 2. The van der Waals surface area contributed by atoms with Gasteiger partial charge in [-0.15, -0.1) is 0 Å². The predicted octanol–water partition coefficient (Wildman–Crippen LogP) is 3.33. The van der Waals surface area contributed by atoms with Crippen molar-refractivity contribution >= 4 is 23.5 Å². The second-order valence-electron chi connectivity index (χ2n) is 5.30. The minimum Gasteiger partial charge on any atom is -0.452 e. The molecule has 0 saturated carbocycles. The van der Waals surface area contributed by atoms with Crippen LogP contribution in [0.25, 0.3) is 0 Å². The van der Waals surface area contributed by atoms with Crippen molar-refractivity contribution in [1.29, 1.82) is 0 Å². The fourth-order valence-corrected chi connectivity index (χ4v) is 2.35. The summed E-state index contributed by atoms with van der Waals surface area (Å²) in [6.45, 7) is 3.59. The van der Waals surface area contributed by atoms with Crippen molar-refractivity contribution in [3.63, 3.8) is 0 Å². The first-order chi connectivity index (χ1) is 11.5. The normalized spacial score (nSPS) is 11.6. The second kappa shape index (κ2) is 8.45. The quantitative estimate of drug-likeness (QED) is 0.643. The molecule has 0 unspecified atom stereocenters. The Morgan fingerprint density at radius 3 is 2.58 bits per heavy atom. The zero-order valence-corrected chi connectivity index (χ0v) is 14.3. The van der Waals surface area contributed by atoms with Crippen LogP contribution in [-0.4, -0.2) is 23.5 Å². The molecule has 0 aliphatic carbocycles. The number of nitrogens with zero attached hydrogens (tertiary/aromatic N) is 1. The molecular formula is C18H19ClN2O3. The molecule has 0 aliphatic rings. The van der Waals surface area contributed by atoms with Gasteiger partial charge >= 0.3 is 5.97 Å². The summed E-state index contributed by atoms with van der Waals surface area (Å²) >= 11 is 5.81. The molecule has 1 aromatic heterocycles. The van der Waals surface area contributed by atoms with Gasteiger partial charge in [0, 0.05) is 6.20 Å². The highest BCUT2D eigenvalue weighted by Gasteiger charge is 2.15. The molecule has 0 radical (unpaired) electrons. The number of amides is 1. The maximum Gasteiger partial charge on any atom is 0.341 e. The molecule has 1 amide bonds. The number of aromatic nitrogens is 1. The van der Waals surface area contributed by atoms with E-state index in [-0.39, 0.29) is 29.3 Å². The van der Waals surface area contributed by atoms with E-state index in [0.717, 1.165) is 12.0 Å². The predicted molar refractivity (Wildman–Crippen MR) is 91.9 cm³/mol. The largest absolute Gasteiger partial charge is 0.452 e. The van der Waals surface area contributed by atoms with Crippen LogP contribution in [0.3, 0.4) is 0 Å². The fraction of sp³-hybridized carbons (Fsp3) is 0.278. The average Bonchev–Trinajstić information content (AvgIpc) is 2.60. The Morgan fingerprint density at radius 2 is 1.96 bits per heavy atom. The molecule has 5 nitrogen and oxygen atoms in total. The number of ether oxygens (including phenoxy) is 1. The van der Waals surface area contributed by atoms with Gasteiger partial charge < -0.3 is 10.1 Å². The minimum atomic E-state index is -0.678. The highest BCUT2D eigenvalue weighted by atomic mass is 35.5. The van der Waals surface area contributed by atoms with Crippen LogP contribution in [-0.2, 0) is 16.0 Å². The van der Waals surface area contributed by atoms with Gasteiger partial charge in [-0.1, -0.05) is 42.8 Å². The number of hydrogen-bond donors (Lipinski definition) is 1. The van der Waals surface area contributed by atoms with E-state index in [1.807, 2.05) is 31.2 Å². The summed E-state index contributed by atoms with van der Waals surface area (Å²) < 4.78 is 4.97.